The highest BCUT2D eigenvalue weighted by atomic mass is 35.5. The predicted molar refractivity (Wildman–Crippen MR) is 113 cm³/mol. The van der Waals surface area contributed by atoms with E-state index in [0.717, 1.165) is 22.5 Å². The van der Waals surface area contributed by atoms with Crippen molar-refractivity contribution >= 4 is 46.7 Å². The van der Waals surface area contributed by atoms with E-state index in [1.165, 1.54) is 0 Å². The number of aromatic carboxylic acids is 1. The number of nitrogen functional groups attached to an aromatic ring is 2. The predicted octanol–water partition coefficient (Wildman–Crippen LogP) is 3.63. The van der Waals surface area contributed by atoms with Crippen LogP contribution in [-0.4, -0.2) is 27.1 Å². The number of carbonyl (C=O) groups is 2. The van der Waals surface area contributed by atoms with E-state index in [4.69, 9.17) is 28.2 Å². The van der Waals surface area contributed by atoms with Crippen LogP contribution in [0.15, 0.2) is 54.7 Å². The van der Waals surface area contributed by atoms with Gasteiger partial charge in [-0.05, 0) is 36.8 Å². The molecule has 9 nitrogen and oxygen atoms in total. The number of nitrogens with one attached hydrogen (secondary N) is 2. The number of urea groups is 1. The highest BCUT2D eigenvalue weighted by Crippen LogP contribution is 2.19. The third kappa shape index (κ3) is 6.36. The molecule has 0 atom stereocenters. The van der Waals surface area contributed by atoms with E-state index in [9.17, 15) is 9.59 Å². The molecule has 0 aliphatic rings. The van der Waals surface area contributed by atoms with Crippen LogP contribution in [0.25, 0.3) is 0 Å². The monoisotopic (exact) mass is 414 g/mol. The van der Waals surface area contributed by atoms with Crippen molar-refractivity contribution in [3.8, 4) is 0 Å². The number of nitrogens with two attached hydrogens (primary N) is 2. The molecule has 150 valence electrons. The summed E-state index contributed by atoms with van der Waals surface area (Å²) in [4.78, 5) is 29.8. The SMILES string of the molecule is Cc1c(N)cccc1Cl.Nc1nc(NC(=O)Nc2ccccc2)ncc1C(=O)O. The van der Waals surface area contributed by atoms with Gasteiger partial charge in [0.15, 0.2) is 0 Å². The number of hydrogen-bond acceptors (Lipinski definition) is 6. The van der Waals surface area contributed by atoms with E-state index in [2.05, 4.69) is 20.6 Å². The van der Waals surface area contributed by atoms with Gasteiger partial charge in [0.05, 0.1) is 0 Å². The lowest BCUT2D eigenvalue weighted by atomic mass is 10.2. The van der Waals surface area contributed by atoms with E-state index in [0.29, 0.717) is 5.69 Å². The first kappa shape index (κ1) is 21.5. The zero-order chi connectivity index (χ0) is 21.4. The maximum Gasteiger partial charge on any atom is 0.341 e. The number of carboxylic acids is 1. The molecule has 3 rings (SSSR count). The van der Waals surface area contributed by atoms with Crippen LogP contribution in [0.5, 0.6) is 0 Å². The zero-order valence-electron chi connectivity index (χ0n) is 15.4. The summed E-state index contributed by atoms with van der Waals surface area (Å²) in [6, 6.07) is 13.7. The molecule has 0 aliphatic carbocycles. The molecular formula is C19H19ClN6O3. The molecule has 7 N–H and O–H groups in total. The maximum absolute atomic E-state index is 11.7. The number of carboxylic acid groups (broad SMARTS) is 1. The van der Waals surface area contributed by atoms with Crippen molar-refractivity contribution in [2.75, 3.05) is 22.1 Å². The topological polar surface area (TPSA) is 156 Å². The van der Waals surface area contributed by atoms with E-state index >= 15 is 0 Å². The fourth-order valence-corrected chi connectivity index (χ4v) is 2.21. The number of hydrogen-bond donors (Lipinski definition) is 5. The maximum atomic E-state index is 11.7. The summed E-state index contributed by atoms with van der Waals surface area (Å²) in [5.74, 6) is -1.54. The fraction of sp³-hybridized carbons (Fsp3) is 0.0526. The summed E-state index contributed by atoms with van der Waals surface area (Å²) in [6.45, 7) is 1.90. The van der Waals surface area contributed by atoms with Crippen LogP contribution < -0.4 is 22.1 Å². The number of aromatic nitrogens is 2. The summed E-state index contributed by atoms with van der Waals surface area (Å²) in [6.07, 6.45) is 1.03. The lowest BCUT2D eigenvalue weighted by Gasteiger charge is -2.07. The van der Waals surface area contributed by atoms with Crippen LogP contribution in [0, 0.1) is 6.92 Å². The number of para-hydroxylation sites is 1. The van der Waals surface area contributed by atoms with Gasteiger partial charge in [-0.15, -0.1) is 0 Å². The van der Waals surface area contributed by atoms with Gasteiger partial charge in [-0.2, -0.15) is 4.98 Å². The number of halogens is 1. The van der Waals surface area contributed by atoms with E-state index in [-0.39, 0.29) is 17.3 Å². The molecule has 0 saturated carbocycles. The van der Waals surface area contributed by atoms with Crippen molar-refractivity contribution < 1.29 is 14.7 Å². The van der Waals surface area contributed by atoms with E-state index in [1.54, 1.807) is 24.3 Å². The second-order valence-electron chi connectivity index (χ2n) is 5.70. The van der Waals surface area contributed by atoms with Crippen molar-refractivity contribution in [3.05, 3.63) is 70.9 Å². The molecule has 0 spiro atoms. The summed E-state index contributed by atoms with van der Waals surface area (Å²) >= 11 is 5.73. The first-order valence-electron chi connectivity index (χ1n) is 8.27. The number of carbonyl (C=O) groups excluding carboxylic acids is 1. The van der Waals surface area contributed by atoms with Crippen LogP contribution in [0.2, 0.25) is 5.02 Å². The first-order chi connectivity index (χ1) is 13.8. The molecule has 2 aromatic carbocycles. The number of nitrogens with zero attached hydrogens (tertiary/aromatic N) is 2. The van der Waals surface area contributed by atoms with Gasteiger partial charge in [0.25, 0.3) is 0 Å². The Morgan fingerprint density at radius 2 is 1.72 bits per heavy atom. The van der Waals surface area contributed by atoms with Crippen molar-refractivity contribution in [1.29, 1.82) is 0 Å². The molecule has 0 radical (unpaired) electrons. The van der Waals surface area contributed by atoms with Gasteiger partial charge in [0, 0.05) is 22.6 Å². The van der Waals surface area contributed by atoms with Gasteiger partial charge < -0.3 is 21.9 Å². The number of anilines is 4. The Bertz CT molecular complexity index is 994. The highest BCUT2D eigenvalue weighted by molar-refractivity contribution is 6.31. The van der Waals surface area contributed by atoms with Crippen LogP contribution in [0.1, 0.15) is 15.9 Å². The van der Waals surface area contributed by atoms with Crippen molar-refractivity contribution in [3.63, 3.8) is 0 Å². The van der Waals surface area contributed by atoms with Gasteiger partial charge in [0.2, 0.25) is 5.95 Å². The second-order valence-corrected chi connectivity index (χ2v) is 6.10. The molecule has 0 fully saturated rings. The third-order valence-corrected chi connectivity index (χ3v) is 4.02. The molecule has 29 heavy (non-hydrogen) atoms. The Balaban J connectivity index is 0.000000278. The second kappa shape index (κ2) is 9.90. The average Bonchev–Trinajstić information content (AvgIpc) is 2.67. The average molecular weight is 415 g/mol. The van der Waals surface area contributed by atoms with Crippen LogP contribution >= 0.6 is 11.6 Å². The molecule has 3 aromatic rings. The standard InChI is InChI=1S/C12H11N5O3.C7H8ClN/c13-9-8(10(18)19)6-14-11(16-9)17-12(20)15-7-4-2-1-3-5-7;1-5-6(8)3-2-4-7(5)9/h1-6H,(H,18,19)(H4,13,14,15,16,17,20);2-4H,9H2,1H3. The van der Waals surface area contributed by atoms with Crippen molar-refractivity contribution in [1.82, 2.24) is 9.97 Å². The minimum Gasteiger partial charge on any atom is -0.477 e. The molecule has 1 heterocycles. The third-order valence-electron chi connectivity index (χ3n) is 3.62. The Labute approximate surface area is 171 Å². The summed E-state index contributed by atoms with van der Waals surface area (Å²) in [5.41, 5.74) is 13.1. The van der Waals surface area contributed by atoms with Gasteiger partial charge in [0.1, 0.15) is 11.4 Å². The zero-order valence-corrected chi connectivity index (χ0v) is 16.1. The van der Waals surface area contributed by atoms with Crippen molar-refractivity contribution in [2.24, 2.45) is 0 Å². The van der Waals surface area contributed by atoms with Gasteiger partial charge in [-0.3, -0.25) is 5.32 Å². The molecule has 0 bridgehead atoms. The Kier molecular flexibility index (Phi) is 7.33. The fourth-order valence-electron chi connectivity index (χ4n) is 2.03. The summed E-state index contributed by atoms with van der Waals surface area (Å²) in [5, 5.41) is 14.4. The highest BCUT2D eigenvalue weighted by Gasteiger charge is 2.12. The lowest BCUT2D eigenvalue weighted by Crippen LogP contribution is -2.21. The first-order valence-corrected chi connectivity index (χ1v) is 8.65. The molecule has 0 saturated heterocycles. The van der Waals surface area contributed by atoms with Crippen molar-refractivity contribution in [2.45, 2.75) is 6.92 Å². The summed E-state index contributed by atoms with van der Waals surface area (Å²) < 4.78 is 0. The van der Waals surface area contributed by atoms with E-state index < -0.39 is 12.0 Å². The Hall–Kier alpha value is -3.85. The molecule has 2 amide bonds. The number of benzene rings is 2. The molecular weight excluding hydrogens is 396 g/mol. The molecule has 10 heteroatoms. The molecule has 0 unspecified atom stereocenters. The van der Waals surface area contributed by atoms with E-state index in [1.807, 2.05) is 31.2 Å². The lowest BCUT2D eigenvalue weighted by molar-refractivity contribution is 0.0697. The van der Waals surface area contributed by atoms with Crippen LogP contribution in [-0.2, 0) is 0 Å². The Morgan fingerprint density at radius 3 is 2.28 bits per heavy atom. The van der Waals surface area contributed by atoms with Crippen LogP contribution in [0.4, 0.5) is 27.9 Å². The van der Waals surface area contributed by atoms with Gasteiger partial charge >= 0.3 is 12.0 Å². The Morgan fingerprint density at radius 1 is 1.03 bits per heavy atom. The molecule has 0 aliphatic heterocycles. The normalized spacial score (nSPS) is 9.72. The minimum atomic E-state index is -1.23. The number of rotatable bonds is 3. The quantitative estimate of drug-likeness (QED) is 0.409. The smallest absolute Gasteiger partial charge is 0.341 e. The largest absolute Gasteiger partial charge is 0.477 e. The molecule has 1 aromatic heterocycles. The van der Waals surface area contributed by atoms with Crippen LogP contribution in [0.3, 0.4) is 0 Å². The number of amides is 2. The van der Waals surface area contributed by atoms with Gasteiger partial charge in [-0.1, -0.05) is 35.9 Å². The summed E-state index contributed by atoms with van der Waals surface area (Å²) in [7, 11) is 0. The minimum absolute atomic E-state index is 0.0825. The van der Waals surface area contributed by atoms with Gasteiger partial charge in [-0.25, -0.2) is 14.6 Å².